The predicted molar refractivity (Wildman–Crippen MR) is 79.2 cm³/mol. The zero-order valence-corrected chi connectivity index (χ0v) is 12.5. The number of carbonyl (C=O) groups is 1. The highest BCUT2D eigenvalue weighted by atomic mass is 79.9. The Morgan fingerprint density at radius 1 is 1.39 bits per heavy atom. The topological polar surface area (TPSA) is 29.1 Å². The van der Waals surface area contributed by atoms with E-state index in [1.807, 2.05) is 17.5 Å². The van der Waals surface area contributed by atoms with E-state index in [2.05, 4.69) is 46.4 Å². The van der Waals surface area contributed by atoms with Gasteiger partial charge in [-0.3, -0.25) is 4.79 Å². The van der Waals surface area contributed by atoms with Gasteiger partial charge in [0.1, 0.15) is 4.88 Å². The van der Waals surface area contributed by atoms with Gasteiger partial charge in [-0.05, 0) is 46.3 Å². The maximum absolute atomic E-state index is 11.9. The van der Waals surface area contributed by atoms with Crippen molar-refractivity contribution < 1.29 is 4.79 Å². The SMILES string of the molecule is Cc1cccc(CCNC(=O)c2sccc2Br)c1. The van der Waals surface area contributed by atoms with Gasteiger partial charge in [-0.15, -0.1) is 11.3 Å². The van der Waals surface area contributed by atoms with Gasteiger partial charge in [-0.25, -0.2) is 0 Å². The van der Waals surface area contributed by atoms with Gasteiger partial charge < -0.3 is 5.32 Å². The molecule has 1 aromatic heterocycles. The van der Waals surface area contributed by atoms with Crippen molar-refractivity contribution in [1.82, 2.24) is 5.32 Å². The molecule has 0 radical (unpaired) electrons. The van der Waals surface area contributed by atoms with Crippen molar-refractivity contribution in [2.75, 3.05) is 6.54 Å². The van der Waals surface area contributed by atoms with Gasteiger partial charge in [0, 0.05) is 11.0 Å². The van der Waals surface area contributed by atoms with Crippen molar-refractivity contribution in [3.8, 4) is 0 Å². The summed E-state index contributed by atoms with van der Waals surface area (Å²) in [5.41, 5.74) is 2.50. The van der Waals surface area contributed by atoms with Gasteiger partial charge in [0.15, 0.2) is 0 Å². The Balaban J connectivity index is 1.86. The Bertz CT molecular complexity index is 550. The van der Waals surface area contributed by atoms with E-state index >= 15 is 0 Å². The summed E-state index contributed by atoms with van der Waals surface area (Å²) in [5, 5.41) is 4.84. The van der Waals surface area contributed by atoms with Crippen LogP contribution in [0.4, 0.5) is 0 Å². The molecule has 94 valence electrons. The average Bonchev–Trinajstić information content (AvgIpc) is 2.75. The molecule has 0 bridgehead atoms. The third-order valence-electron chi connectivity index (χ3n) is 2.61. The zero-order valence-electron chi connectivity index (χ0n) is 10.1. The van der Waals surface area contributed by atoms with Crippen molar-refractivity contribution in [3.63, 3.8) is 0 Å². The highest BCUT2D eigenvalue weighted by molar-refractivity contribution is 9.10. The quantitative estimate of drug-likeness (QED) is 0.911. The monoisotopic (exact) mass is 323 g/mol. The van der Waals surface area contributed by atoms with Crippen LogP contribution >= 0.6 is 27.3 Å². The molecule has 0 fully saturated rings. The average molecular weight is 324 g/mol. The number of hydrogen-bond donors (Lipinski definition) is 1. The fourth-order valence-corrected chi connectivity index (χ4v) is 3.19. The van der Waals surface area contributed by atoms with E-state index in [1.165, 1.54) is 22.5 Å². The number of benzene rings is 1. The molecule has 0 aliphatic heterocycles. The van der Waals surface area contributed by atoms with Gasteiger partial charge >= 0.3 is 0 Å². The van der Waals surface area contributed by atoms with Crippen LogP contribution in [0.25, 0.3) is 0 Å². The predicted octanol–water partition coefficient (Wildman–Crippen LogP) is 3.79. The van der Waals surface area contributed by atoms with Crippen molar-refractivity contribution >= 4 is 33.2 Å². The molecular weight excluding hydrogens is 310 g/mol. The Hall–Kier alpha value is -1.13. The standard InChI is InChI=1S/C14H14BrNOS/c1-10-3-2-4-11(9-10)5-7-16-14(17)13-12(15)6-8-18-13/h2-4,6,8-9H,5,7H2,1H3,(H,16,17). The summed E-state index contributed by atoms with van der Waals surface area (Å²) < 4.78 is 0.862. The Labute approximate surface area is 119 Å². The molecule has 2 nitrogen and oxygen atoms in total. The maximum Gasteiger partial charge on any atom is 0.262 e. The fourth-order valence-electron chi connectivity index (χ4n) is 1.72. The minimum atomic E-state index is -0.00970. The van der Waals surface area contributed by atoms with Crippen LogP contribution in [0.15, 0.2) is 40.2 Å². The molecule has 1 heterocycles. The Morgan fingerprint density at radius 2 is 2.22 bits per heavy atom. The number of thiophene rings is 1. The molecule has 4 heteroatoms. The molecular formula is C14H14BrNOS. The number of rotatable bonds is 4. The molecule has 1 amide bonds. The smallest absolute Gasteiger partial charge is 0.262 e. The summed E-state index contributed by atoms with van der Waals surface area (Å²) >= 11 is 4.81. The normalized spacial score (nSPS) is 10.3. The lowest BCUT2D eigenvalue weighted by atomic mass is 10.1. The molecule has 1 N–H and O–H groups in total. The largest absolute Gasteiger partial charge is 0.351 e. The minimum absolute atomic E-state index is 0.00970. The van der Waals surface area contributed by atoms with Crippen LogP contribution in [-0.4, -0.2) is 12.5 Å². The van der Waals surface area contributed by atoms with E-state index in [9.17, 15) is 4.79 Å². The first kappa shape index (κ1) is 13.3. The Morgan fingerprint density at radius 3 is 2.89 bits per heavy atom. The summed E-state index contributed by atoms with van der Waals surface area (Å²) in [6.07, 6.45) is 0.858. The van der Waals surface area contributed by atoms with Gasteiger partial charge in [-0.1, -0.05) is 29.8 Å². The number of hydrogen-bond acceptors (Lipinski definition) is 2. The number of halogens is 1. The molecule has 0 spiro atoms. The van der Waals surface area contributed by atoms with Crippen LogP contribution in [-0.2, 0) is 6.42 Å². The molecule has 2 aromatic rings. The number of nitrogens with one attached hydrogen (secondary N) is 1. The second kappa shape index (κ2) is 6.16. The summed E-state index contributed by atoms with van der Waals surface area (Å²) in [6.45, 7) is 2.73. The Kier molecular flexibility index (Phi) is 4.55. The van der Waals surface area contributed by atoms with Crippen LogP contribution in [0.2, 0.25) is 0 Å². The molecule has 0 saturated carbocycles. The van der Waals surface area contributed by atoms with Crippen molar-refractivity contribution in [1.29, 1.82) is 0 Å². The molecule has 0 aliphatic rings. The lowest BCUT2D eigenvalue weighted by Gasteiger charge is -2.05. The van der Waals surface area contributed by atoms with E-state index in [1.54, 1.807) is 0 Å². The van der Waals surface area contributed by atoms with E-state index < -0.39 is 0 Å². The third-order valence-corrected chi connectivity index (χ3v) is 4.44. The van der Waals surface area contributed by atoms with Gasteiger partial charge in [0.25, 0.3) is 5.91 Å². The van der Waals surface area contributed by atoms with Crippen LogP contribution in [0.5, 0.6) is 0 Å². The van der Waals surface area contributed by atoms with Crippen LogP contribution in [0.1, 0.15) is 20.8 Å². The lowest BCUT2D eigenvalue weighted by molar-refractivity contribution is 0.0957. The van der Waals surface area contributed by atoms with Crippen LogP contribution < -0.4 is 5.32 Å². The van der Waals surface area contributed by atoms with Gasteiger partial charge in [0.2, 0.25) is 0 Å². The zero-order chi connectivity index (χ0) is 13.0. The first-order chi connectivity index (χ1) is 8.66. The number of amides is 1. The number of aryl methyl sites for hydroxylation is 1. The summed E-state index contributed by atoms with van der Waals surface area (Å²) in [7, 11) is 0. The van der Waals surface area contributed by atoms with Gasteiger partial charge in [0.05, 0.1) is 0 Å². The first-order valence-electron chi connectivity index (χ1n) is 5.73. The van der Waals surface area contributed by atoms with Crippen LogP contribution in [0.3, 0.4) is 0 Å². The van der Waals surface area contributed by atoms with Gasteiger partial charge in [-0.2, -0.15) is 0 Å². The van der Waals surface area contributed by atoms with Crippen molar-refractivity contribution in [2.45, 2.75) is 13.3 Å². The van der Waals surface area contributed by atoms with Crippen molar-refractivity contribution in [2.24, 2.45) is 0 Å². The molecule has 2 rings (SSSR count). The summed E-state index contributed by atoms with van der Waals surface area (Å²) in [5.74, 6) is -0.00970. The number of carbonyl (C=O) groups excluding carboxylic acids is 1. The second-order valence-electron chi connectivity index (χ2n) is 4.09. The molecule has 0 aliphatic carbocycles. The maximum atomic E-state index is 11.9. The van der Waals surface area contributed by atoms with E-state index in [0.717, 1.165) is 15.8 Å². The van der Waals surface area contributed by atoms with Crippen LogP contribution in [0, 0.1) is 6.92 Å². The summed E-state index contributed by atoms with van der Waals surface area (Å²) in [4.78, 5) is 12.6. The minimum Gasteiger partial charge on any atom is -0.351 e. The van der Waals surface area contributed by atoms with E-state index in [0.29, 0.717) is 6.54 Å². The third kappa shape index (κ3) is 3.43. The highest BCUT2D eigenvalue weighted by Gasteiger charge is 2.10. The summed E-state index contributed by atoms with van der Waals surface area (Å²) in [6, 6.07) is 10.2. The lowest BCUT2D eigenvalue weighted by Crippen LogP contribution is -2.25. The fraction of sp³-hybridized carbons (Fsp3) is 0.214. The second-order valence-corrected chi connectivity index (χ2v) is 5.86. The van der Waals surface area contributed by atoms with E-state index in [-0.39, 0.29) is 5.91 Å². The first-order valence-corrected chi connectivity index (χ1v) is 7.41. The van der Waals surface area contributed by atoms with E-state index in [4.69, 9.17) is 0 Å². The molecule has 1 aromatic carbocycles. The molecule has 0 unspecified atom stereocenters. The highest BCUT2D eigenvalue weighted by Crippen LogP contribution is 2.22. The molecule has 18 heavy (non-hydrogen) atoms. The van der Waals surface area contributed by atoms with Crippen molar-refractivity contribution in [3.05, 3.63) is 56.2 Å². The molecule has 0 saturated heterocycles. The molecule has 0 atom stereocenters.